The van der Waals surface area contributed by atoms with Crippen LogP contribution in [0, 0.1) is 0 Å². The quantitative estimate of drug-likeness (QED) is 0.780. The summed E-state index contributed by atoms with van der Waals surface area (Å²) in [6.07, 6.45) is -4.70. The maximum atomic E-state index is 12.4. The zero-order chi connectivity index (χ0) is 14.6. The molecule has 1 rings (SSSR count). The monoisotopic (exact) mass is 276 g/mol. The fourth-order valence-corrected chi connectivity index (χ4v) is 1.35. The number of benzene rings is 1. The maximum Gasteiger partial charge on any atom is 0.416 e. The van der Waals surface area contributed by atoms with Crippen molar-refractivity contribution in [2.45, 2.75) is 12.6 Å². The average Bonchev–Trinajstić information content (AvgIpc) is 2.27. The zero-order valence-electron chi connectivity index (χ0n) is 9.62. The second kappa shape index (κ2) is 5.70. The summed E-state index contributed by atoms with van der Waals surface area (Å²) >= 11 is 0. The van der Waals surface area contributed by atoms with Crippen molar-refractivity contribution >= 4 is 17.6 Å². The van der Waals surface area contributed by atoms with Gasteiger partial charge in [-0.3, -0.25) is 4.79 Å². The van der Waals surface area contributed by atoms with Crippen molar-refractivity contribution in [2.75, 3.05) is 11.9 Å². The van der Waals surface area contributed by atoms with Gasteiger partial charge in [0.1, 0.15) is 0 Å². The number of alkyl halides is 3. The SMILES string of the molecule is NCCC(=O)Nc1ccc(C(F)(F)F)cc1C(=O)O. The number of amides is 1. The van der Waals surface area contributed by atoms with Gasteiger partial charge in [0.2, 0.25) is 5.91 Å². The van der Waals surface area contributed by atoms with Crippen molar-refractivity contribution in [1.29, 1.82) is 0 Å². The van der Waals surface area contributed by atoms with Gasteiger partial charge < -0.3 is 16.2 Å². The Labute approximate surface area is 106 Å². The first-order chi connectivity index (χ1) is 8.75. The Bertz CT molecular complexity index is 500. The van der Waals surface area contributed by atoms with E-state index < -0.39 is 29.2 Å². The number of halogens is 3. The lowest BCUT2D eigenvalue weighted by Gasteiger charge is -2.12. The van der Waals surface area contributed by atoms with Gasteiger partial charge in [0.05, 0.1) is 16.8 Å². The number of hydrogen-bond acceptors (Lipinski definition) is 3. The van der Waals surface area contributed by atoms with Gasteiger partial charge in [0.15, 0.2) is 0 Å². The van der Waals surface area contributed by atoms with Crippen LogP contribution in [0.5, 0.6) is 0 Å². The topological polar surface area (TPSA) is 92.4 Å². The second-order valence-electron chi connectivity index (χ2n) is 3.65. The van der Waals surface area contributed by atoms with Crippen LogP contribution < -0.4 is 11.1 Å². The maximum absolute atomic E-state index is 12.4. The number of carboxylic acid groups (broad SMARTS) is 1. The molecule has 0 saturated carbocycles. The summed E-state index contributed by atoms with van der Waals surface area (Å²) in [6, 6.07) is 2.07. The first-order valence-electron chi connectivity index (χ1n) is 5.20. The molecule has 0 heterocycles. The lowest BCUT2D eigenvalue weighted by Crippen LogP contribution is -2.18. The first-order valence-corrected chi connectivity index (χ1v) is 5.20. The Morgan fingerprint density at radius 3 is 2.42 bits per heavy atom. The van der Waals surface area contributed by atoms with Gasteiger partial charge >= 0.3 is 12.1 Å². The fourth-order valence-electron chi connectivity index (χ4n) is 1.35. The highest BCUT2D eigenvalue weighted by Gasteiger charge is 2.31. The summed E-state index contributed by atoms with van der Waals surface area (Å²) in [5, 5.41) is 11.1. The Kier molecular flexibility index (Phi) is 4.49. The third-order valence-electron chi connectivity index (χ3n) is 2.22. The van der Waals surface area contributed by atoms with E-state index in [-0.39, 0.29) is 18.7 Å². The number of nitrogens with two attached hydrogens (primary N) is 1. The Balaban J connectivity index is 3.12. The molecule has 0 atom stereocenters. The molecule has 5 nitrogen and oxygen atoms in total. The second-order valence-corrected chi connectivity index (χ2v) is 3.65. The summed E-state index contributed by atoms with van der Waals surface area (Å²) in [6.45, 7) is 0.0505. The number of anilines is 1. The molecule has 4 N–H and O–H groups in total. The van der Waals surface area contributed by atoms with E-state index in [2.05, 4.69) is 5.32 Å². The molecule has 1 amide bonds. The molecule has 0 radical (unpaired) electrons. The minimum absolute atomic E-state index is 0.0505. The molecule has 0 unspecified atom stereocenters. The summed E-state index contributed by atoms with van der Waals surface area (Å²) < 4.78 is 37.3. The Morgan fingerprint density at radius 2 is 1.95 bits per heavy atom. The highest BCUT2D eigenvalue weighted by atomic mass is 19.4. The molecule has 0 fully saturated rings. The van der Waals surface area contributed by atoms with Crippen LogP contribution in [-0.4, -0.2) is 23.5 Å². The molecular weight excluding hydrogens is 265 g/mol. The average molecular weight is 276 g/mol. The third-order valence-corrected chi connectivity index (χ3v) is 2.22. The molecule has 8 heteroatoms. The van der Waals surface area contributed by atoms with E-state index in [1.165, 1.54) is 0 Å². The van der Waals surface area contributed by atoms with Crippen LogP contribution >= 0.6 is 0 Å². The molecule has 0 spiro atoms. The van der Waals surface area contributed by atoms with Crippen molar-refractivity contribution in [1.82, 2.24) is 0 Å². The van der Waals surface area contributed by atoms with E-state index in [0.29, 0.717) is 12.1 Å². The van der Waals surface area contributed by atoms with Crippen molar-refractivity contribution < 1.29 is 27.9 Å². The van der Waals surface area contributed by atoms with Gasteiger partial charge in [0, 0.05) is 13.0 Å². The molecule has 1 aromatic carbocycles. The molecule has 1 aromatic rings. The summed E-state index contributed by atoms with van der Waals surface area (Å²) in [4.78, 5) is 22.2. The predicted octanol–water partition coefficient (Wildman–Crippen LogP) is 1.69. The molecule has 0 bridgehead atoms. The minimum Gasteiger partial charge on any atom is -0.478 e. The molecule has 0 aliphatic heterocycles. The zero-order valence-corrected chi connectivity index (χ0v) is 9.62. The number of aromatic carboxylic acids is 1. The highest BCUT2D eigenvalue weighted by Crippen LogP contribution is 2.31. The molecule has 0 aliphatic carbocycles. The van der Waals surface area contributed by atoms with Crippen molar-refractivity contribution in [3.05, 3.63) is 29.3 Å². The molecule has 0 aliphatic rings. The van der Waals surface area contributed by atoms with Gasteiger partial charge in [-0.25, -0.2) is 4.79 Å². The van der Waals surface area contributed by atoms with E-state index in [4.69, 9.17) is 10.8 Å². The van der Waals surface area contributed by atoms with Crippen LogP contribution in [0.3, 0.4) is 0 Å². The van der Waals surface area contributed by atoms with Crippen LogP contribution in [-0.2, 0) is 11.0 Å². The Hall–Kier alpha value is -2.09. The van der Waals surface area contributed by atoms with Gasteiger partial charge in [0.25, 0.3) is 0 Å². The van der Waals surface area contributed by atoms with Crippen LogP contribution in [0.25, 0.3) is 0 Å². The molecule has 0 saturated heterocycles. The smallest absolute Gasteiger partial charge is 0.416 e. The summed E-state index contributed by atoms with van der Waals surface area (Å²) in [5.74, 6) is -2.13. The van der Waals surface area contributed by atoms with Gasteiger partial charge in [-0.15, -0.1) is 0 Å². The number of carbonyl (C=O) groups excluding carboxylic acids is 1. The lowest BCUT2D eigenvalue weighted by molar-refractivity contribution is -0.137. The van der Waals surface area contributed by atoms with E-state index in [1.807, 2.05) is 0 Å². The predicted molar refractivity (Wildman–Crippen MR) is 60.7 cm³/mol. The van der Waals surface area contributed by atoms with Crippen molar-refractivity contribution in [3.63, 3.8) is 0 Å². The summed E-state index contributed by atoms with van der Waals surface area (Å²) in [7, 11) is 0. The third kappa shape index (κ3) is 3.95. The lowest BCUT2D eigenvalue weighted by atomic mass is 10.1. The van der Waals surface area contributed by atoms with Crippen molar-refractivity contribution in [2.24, 2.45) is 5.73 Å². The minimum atomic E-state index is -4.65. The number of carbonyl (C=O) groups is 2. The molecular formula is C11H11F3N2O3. The fraction of sp³-hybridized carbons (Fsp3) is 0.273. The van der Waals surface area contributed by atoms with Gasteiger partial charge in [-0.05, 0) is 18.2 Å². The largest absolute Gasteiger partial charge is 0.478 e. The first kappa shape index (κ1) is 15.0. The molecule has 19 heavy (non-hydrogen) atoms. The number of carboxylic acids is 1. The standard InChI is InChI=1S/C11H11F3N2O3/c12-11(13,14)6-1-2-8(7(5-6)10(18)19)16-9(17)3-4-15/h1-2,5H,3-4,15H2,(H,16,17)(H,18,19). The van der Waals surface area contributed by atoms with E-state index >= 15 is 0 Å². The molecule has 0 aromatic heterocycles. The highest BCUT2D eigenvalue weighted by molar-refractivity contribution is 6.00. The van der Waals surface area contributed by atoms with E-state index in [9.17, 15) is 22.8 Å². The van der Waals surface area contributed by atoms with Crippen LogP contribution in [0.4, 0.5) is 18.9 Å². The van der Waals surface area contributed by atoms with Crippen LogP contribution in [0.2, 0.25) is 0 Å². The number of hydrogen-bond donors (Lipinski definition) is 3. The van der Waals surface area contributed by atoms with Gasteiger partial charge in [-0.1, -0.05) is 0 Å². The van der Waals surface area contributed by atoms with E-state index in [1.54, 1.807) is 0 Å². The summed E-state index contributed by atoms with van der Waals surface area (Å²) in [5.41, 5.74) is 3.22. The van der Waals surface area contributed by atoms with Crippen LogP contribution in [0.15, 0.2) is 18.2 Å². The van der Waals surface area contributed by atoms with Crippen molar-refractivity contribution in [3.8, 4) is 0 Å². The normalized spacial score (nSPS) is 11.2. The van der Waals surface area contributed by atoms with Crippen LogP contribution in [0.1, 0.15) is 22.3 Å². The Morgan fingerprint density at radius 1 is 1.32 bits per heavy atom. The number of nitrogens with one attached hydrogen (secondary N) is 1. The van der Waals surface area contributed by atoms with Gasteiger partial charge in [-0.2, -0.15) is 13.2 Å². The number of rotatable bonds is 4. The molecule has 104 valence electrons. The van der Waals surface area contributed by atoms with E-state index in [0.717, 1.165) is 6.07 Å².